The van der Waals surface area contributed by atoms with Crippen molar-refractivity contribution in [3.8, 4) is 0 Å². The average molecular weight is 375 g/mol. The SMILES string of the molecule is CC1CCC(NC(=O)C(C)N2CCC(Nc3ccc([N+](=O)[O-])cn3)C2)CC1. The second-order valence-electron chi connectivity index (χ2n) is 7.92. The molecule has 1 amide bonds. The van der Waals surface area contributed by atoms with Gasteiger partial charge in [-0.05, 0) is 51.0 Å². The summed E-state index contributed by atoms with van der Waals surface area (Å²) in [6.45, 7) is 5.85. The highest BCUT2D eigenvalue weighted by Crippen LogP contribution is 2.24. The number of nitro groups is 1. The Morgan fingerprint density at radius 3 is 2.63 bits per heavy atom. The van der Waals surface area contributed by atoms with E-state index >= 15 is 0 Å². The number of nitrogens with zero attached hydrogens (tertiary/aromatic N) is 3. The van der Waals surface area contributed by atoms with Crippen LogP contribution < -0.4 is 10.6 Å². The number of carbonyl (C=O) groups excluding carboxylic acids is 1. The summed E-state index contributed by atoms with van der Waals surface area (Å²) in [4.78, 5) is 29.1. The zero-order chi connectivity index (χ0) is 19.4. The third-order valence-electron chi connectivity index (χ3n) is 5.82. The fourth-order valence-electron chi connectivity index (χ4n) is 3.94. The van der Waals surface area contributed by atoms with Gasteiger partial charge < -0.3 is 10.6 Å². The molecule has 27 heavy (non-hydrogen) atoms. The summed E-state index contributed by atoms with van der Waals surface area (Å²) in [7, 11) is 0. The third kappa shape index (κ3) is 5.15. The minimum absolute atomic E-state index is 0.0176. The average Bonchev–Trinajstić information content (AvgIpc) is 3.11. The Kier molecular flexibility index (Phi) is 6.26. The molecule has 0 aromatic carbocycles. The summed E-state index contributed by atoms with van der Waals surface area (Å²) in [6, 6.07) is 3.42. The Labute approximate surface area is 159 Å². The maximum Gasteiger partial charge on any atom is 0.287 e. The molecule has 1 aliphatic heterocycles. The summed E-state index contributed by atoms with van der Waals surface area (Å²) in [5, 5.41) is 17.2. The van der Waals surface area contributed by atoms with Crippen LogP contribution in [-0.4, -0.2) is 51.9 Å². The van der Waals surface area contributed by atoms with Gasteiger partial charge in [-0.15, -0.1) is 0 Å². The van der Waals surface area contributed by atoms with Crippen molar-refractivity contribution in [3.63, 3.8) is 0 Å². The van der Waals surface area contributed by atoms with Crippen LogP contribution in [0.1, 0.15) is 46.0 Å². The van der Waals surface area contributed by atoms with Gasteiger partial charge in [-0.1, -0.05) is 6.92 Å². The molecule has 1 saturated heterocycles. The van der Waals surface area contributed by atoms with Gasteiger partial charge in [0.2, 0.25) is 5.91 Å². The van der Waals surface area contributed by atoms with E-state index < -0.39 is 4.92 Å². The quantitative estimate of drug-likeness (QED) is 0.585. The van der Waals surface area contributed by atoms with Gasteiger partial charge >= 0.3 is 0 Å². The van der Waals surface area contributed by atoms with Crippen LogP contribution in [0.5, 0.6) is 0 Å². The lowest BCUT2D eigenvalue weighted by molar-refractivity contribution is -0.385. The maximum absolute atomic E-state index is 12.6. The molecular weight excluding hydrogens is 346 g/mol. The Balaban J connectivity index is 1.46. The molecule has 1 aliphatic carbocycles. The van der Waals surface area contributed by atoms with Crippen LogP contribution in [0.3, 0.4) is 0 Å². The Morgan fingerprint density at radius 1 is 1.26 bits per heavy atom. The fourth-order valence-corrected chi connectivity index (χ4v) is 3.94. The van der Waals surface area contributed by atoms with E-state index in [1.807, 2.05) is 6.92 Å². The Hall–Kier alpha value is -2.22. The summed E-state index contributed by atoms with van der Waals surface area (Å²) in [5.41, 5.74) is -0.0176. The second kappa shape index (κ2) is 8.65. The first kappa shape index (κ1) is 19.5. The monoisotopic (exact) mass is 375 g/mol. The lowest BCUT2D eigenvalue weighted by Crippen LogP contribution is -2.48. The van der Waals surface area contributed by atoms with Gasteiger partial charge in [0.15, 0.2) is 0 Å². The molecule has 1 aromatic rings. The lowest BCUT2D eigenvalue weighted by Gasteiger charge is -2.30. The van der Waals surface area contributed by atoms with Crippen LogP contribution in [0.4, 0.5) is 11.5 Å². The van der Waals surface area contributed by atoms with Crippen molar-refractivity contribution >= 4 is 17.4 Å². The molecule has 2 unspecified atom stereocenters. The number of nitrogens with one attached hydrogen (secondary N) is 2. The summed E-state index contributed by atoms with van der Waals surface area (Å²) < 4.78 is 0. The molecule has 0 radical (unpaired) electrons. The van der Waals surface area contributed by atoms with E-state index in [4.69, 9.17) is 0 Å². The van der Waals surface area contributed by atoms with Crippen LogP contribution >= 0.6 is 0 Å². The van der Waals surface area contributed by atoms with E-state index in [2.05, 4.69) is 27.4 Å². The Morgan fingerprint density at radius 2 is 2.00 bits per heavy atom. The van der Waals surface area contributed by atoms with Crippen LogP contribution in [0.15, 0.2) is 18.3 Å². The van der Waals surface area contributed by atoms with Crippen molar-refractivity contribution in [2.45, 2.75) is 64.1 Å². The van der Waals surface area contributed by atoms with Gasteiger partial charge in [0.05, 0.1) is 11.0 Å². The van der Waals surface area contributed by atoms with E-state index in [0.29, 0.717) is 11.9 Å². The minimum Gasteiger partial charge on any atom is -0.366 e. The molecule has 8 heteroatoms. The van der Waals surface area contributed by atoms with E-state index in [1.165, 1.54) is 25.1 Å². The van der Waals surface area contributed by atoms with E-state index in [-0.39, 0.29) is 23.7 Å². The number of hydrogen-bond donors (Lipinski definition) is 2. The number of pyridine rings is 1. The number of amides is 1. The normalized spacial score (nSPS) is 27.1. The molecule has 8 nitrogen and oxygen atoms in total. The van der Waals surface area contributed by atoms with Crippen LogP contribution in [0, 0.1) is 16.0 Å². The molecular formula is C19H29N5O3. The highest BCUT2D eigenvalue weighted by molar-refractivity contribution is 5.81. The standard InChI is InChI=1S/C19H29N5O3/c1-13-3-5-15(6-4-13)22-19(25)14(2)23-10-9-16(12-23)21-18-8-7-17(11-20-18)24(26)27/h7-8,11,13-16H,3-6,9-10,12H2,1-2H3,(H,20,21)(H,22,25). The van der Waals surface area contributed by atoms with Crippen molar-refractivity contribution in [2.24, 2.45) is 5.92 Å². The summed E-state index contributed by atoms with van der Waals surface area (Å²) in [6.07, 6.45) is 6.72. The number of hydrogen-bond acceptors (Lipinski definition) is 6. The zero-order valence-electron chi connectivity index (χ0n) is 16.1. The number of likely N-dealkylation sites (tertiary alicyclic amines) is 1. The lowest BCUT2D eigenvalue weighted by atomic mass is 9.87. The van der Waals surface area contributed by atoms with E-state index in [0.717, 1.165) is 38.3 Å². The van der Waals surface area contributed by atoms with Crippen LogP contribution in [-0.2, 0) is 4.79 Å². The first-order chi connectivity index (χ1) is 12.9. The fraction of sp³-hybridized carbons (Fsp3) is 0.684. The molecule has 0 bridgehead atoms. The predicted octanol–water partition coefficient (Wildman–Crippen LogP) is 2.56. The Bertz CT molecular complexity index is 658. The largest absolute Gasteiger partial charge is 0.366 e. The van der Waals surface area contributed by atoms with Gasteiger partial charge in [0.1, 0.15) is 12.0 Å². The maximum atomic E-state index is 12.6. The first-order valence-corrected chi connectivity index (χ1v) is 9.83. The highest BCUT2D eigenvalue weighted by atomic mass is 16.6. The molecule has 0 spiro atoms. The van der Waals surface area contributed by atoms with Gasteiger partial charge in [0, 0.05) is 31.2 Å². The van der Waals surface area contributed by atoms with Crippen LogP contribution in [0.2, 0.25) is 0 Å². The van der Waals surface area contributed by atoms with Gasteiger partial charge in [0.25, 0.3) is 5.69 Å². The third-order valence-corrected chi connectivity index (χ3v) is 5.82. The summed E-state index contributed by atoms with van der Waals surface area (Å²) in [5.74, 6) is 1.51. The van der Waals surface area contributed by atoms with Crippen molar-refractivity contribution in [2.75, 3.05) is 18.4 Å². The molecule has 2 aliphatic rings. The second-order valence-corrected chi connectivity index (χ2v) is 7.92. The molecule has 1 saturated carbocycles. The smallest absolute Gasteiger partial charge is 0.287 e. The number of anilines is 1. The predicted molar refractivity (Wildman–Crippen MR) is 104 cm³/mol. The molecule has 148 valence electrons. The van der Waals surface area contributed by atoms with Crippen molar-refractivity contribution in [3.05, 3.63) is 28.4 Å². The van der Waals surface area contributed by atoms with Gasteiger partial charge in [-0.2, -0.15) is 0 Å². The van der Waals surface area contributed by atoms with Gasteiger partial charge in [-0.25, -0.2) is 4.98 Å². The number of carbonyl (C=O) groups is 1. The summed E-state index contributed by atoms with van der Waals surface area (Å²) >= 11 is 0. The molecule has 2 atom stereocenters. The molecule has 2 N–H and O–H groups in total. The highest BCUT2D eigenvalue weighted by Gasteiger charge is 2.31. The zero-order valence-corrected chi connectivity index (χ0v) is 16.1. The van der Waals surface area contributed by atoms with E-state index in [1.54, 1.807) is 6.07 Å². The molecule has 2 heterocycles. The molecule has 1 aromatic heterocycles. The topological polar surface area (TPSA) is 100 Å². The van der Waals surface area contributed by atoms with Crippen molar-refractivity contribution in [1.29, 1.82) is 0 Å². The molecule has 2 fully saturated rings. The van der Waals surface area contributed by atoms with E-state index in [9.17, 15) is 14.9 Å². The molecule has 3 rings (SSSR count). The van der Waals surface area contributed by atoms with Gasteiger partial charge in [-0.3, -0.25) is 19.8 Å². The first-order valence-electron chi connectivity index (χ1n) is 9.83. The number of aromatic nitrogens is 1. The minimum atomic E-state index is -0.457. The van der Waals surface area contributed by atoms with Crippen molar-refractivity contribution < 1.29 is 9.72 Å². The number of rotatable bonds is 6. The van der Waals surface area contributed by atoms with Crippen LogP contribution in [0.25, 0.3) is 0 Å². The van der Waals surface area contributed by atoms with Crippen molar-refractivity contribution in [1.82, 2.24) is 15.2 Å².